The van der Waals surface area contributed by atoms with Crippen molar-refractivity contribution >= 4 is 54.4 Å². The van der Waals surface area contributed by atoms with Gasteiger partial charge in [0.25, 0.3) is 11.2 Å². The van der Waals surface area contributed by atoms with Crippen molar-refractivity contribution in [2.24, 2.45) is 0 Å². The monoisotopic (exact) mass is 476 g/mol. The molecule has 2 aliphatic heterocycles. The van der Waals surface area contributed by atoms with E-state index in [0.29, 0.717) is 4.88 Å². The molecule has 1 aromatic heterocycles. The Labute approximate surface area is 178 Å². The van der Waals surface area contributed by atoms with Gasteiger partial charge in [-0.05, 0) is 11.4 Å². The van der Waals surface area contributed by atoms with Crippen LogP contribution in [0.4, 0.5) is 0 Å². The SMILES string of the molecule is CC(=O)OCC1=C(C(=O)O)N2C(=O)[C@](NC(=O)Cc3cccs3)(P(=O)(O)O)[C@H]2SC1. The van der Waals surface area contributed by atoms with Gasteiger partial charge in [-0.15, -0.1) is 23.1 Å². The Bertz CT molecular complexity index is 987. The van der Waals surface area contributed by atoms with Gasteiger partial charge in [0.15, 0.2) is 0 Å². The molecule has 3 rings (SSSR count). The summed E-state index contributed by atoms with van der Waals surface area (Å²) < 4.78 is 17.1. The minimum Gasteiger partial charge on any atom is -0.477 e. The Morgan fingerprint density at radius 3 is 2.63 bits per heavy atom. The number of carboxylic acids is 1. The van der Waals surface area contributed by atoms with E-state index in [1.807, 2.05) is 0 Å². The molecule has 2 aliphatic rings. The van der Waals surface area contributed by atoms with Crippen LogP contribution >= 0.6 is 30.7 Å². The molecule has 2 amide bonds. The minimum atomic E-state index is -5.24. The number of carbonyl (C=O) groups excluding carboxylic acids is 3. The van der Waals surface area contributed by atoms with Gasteiger partial charge >= 0.3 is 19.5 Å². The van der Waals surface area contributed by atoms with E-state index in [4.69, 9.17) is 4.74 Å². The molecular weight excluding hydrogens is 459 g/mol. The van der Waals surface area contributed by atoms with Gasteiger partial charge < -0.3 is 24.9 Å². The number of hydrogen-bond donors (Lipinski definition) is 4. The smallest absolute Gasteiger partial charge is 0.363 e. The van der Waals surface area contributed by atoms with Crippen LogP contribution in [0.25, 0.3) is 0 Å². The third kappa shape index (κ3) is 3.79. The molecule has 0 bridgehead atoms. The van der Waals surface area contributed by atoms with Gasteiger partial charge in [-0.25, -0.2) is 4.79 Å². The molecule has 11 nitrogen and oxygen atoms in total. The van der Waals surface area contributed by atoms with Gasteiger partial charge in [0.05, 0.1) is 6.42 Å². The Kier molecular flexibility index (Phi) is 6.12. The predicted octanol–water partition coefficient (Wildman–Crippen LogP) is 0.0977. The normalized spacial score (nSPS) is 23.5. The number of ether oxygens (including phenoxy) is 1. The molecule has 3 heterocycles. The molecule has 0 aliphatic carbocycles. The summed E-state index contributed by atoms with van der Waals surface area (Å²) in [5, 5.41) is 9.56. The minimum absolute atomic E-state index is 0.0636. The Balaban J connectivity index is 1.93. The van der Waals surface area contributed by atoms with E-state index in [1.54, 1.807) is 17.5 Å². The molecule has 0 aromatic carbocycles. The molecule has 0 unspecified atom stereocenters. The highest BCUT2D eigenvalue weighted by molar-refractivity contribution is 8.00. The van der Waals surface area contributed by atoms with Crippen LogP contribution in [0.2, 0.25) is 0 Å². The number of thiophene rings is 1. The zero-order valence-electron chi connectivity index (χ0n) is 15.4. The van der Waals surface area contributed by atoms with Gasteiger partial charge in [-0.1, -0.05) is 6.07 Å². The second-order valence-corrected chi connectivity index (χ2v) is 10.4. The number of nitrogens with zero attached hydrogens (tertiary/aromatic N) is 1. The molecule has 1 aromatic rings. The molecule has 0 spiro atoms. The standard InChI is InChI=1S/C16H17N2O9PS2/c1-8(19)27-6-9-7-30-15-16(28(24,25)26,14(23)18(15)12(9)13(21)22)17-11(20)5-10-3-2-4-29-10/h2-4,15H,5-7H2,1H3,(H,17,20)(H,21,22)(H2,24,25,26)/t15-,16+/m1/s1. The third-order valence-corrected chi connectivity index (χ3v) is 8.40. The summed E-state index contributed by atoms with van der Waals surface area (Å²) in [6.45, 7) is 0.755. The quantitative estimate of drug-likeness (QED) is 0.240. The van der Waals surface area contributed by atoms with Crippen molar-refractivity contribution in [3.63, 3.8) is 0 Å². The maximum absolute atomic E-state index is 12.9. The Morgan fingerprint density at radius 1 is 1.40 bits per heavy atom. The summed E-state index contributed by atoms with van der Waals surface area (Å²) in [4.78, 5) is 69.4. The second-order valence-electron chi connectivity index (χ2n) is 6.49. The summed E-state index contributed by atoms with van der Waals surface area (Å²) in [6.07, 6.45) is -0.191. The first-order valence-electron chi connectivity index (χ1n) is 8.42. The van der Waals surface area contributed by atoms with Crippen molar-refractivity contribution in [1.29, 1.82) is 0 Å². The fourth-order valence-electron chi connectivity index (χ4n) is 3.19. The predicted molar refractivity (Wildman–Crippen MR) is 105 cm³/mol. The van der Waals surface area contributed by atoms with Crippen molar-refractivity contribution in [3.05, 3.63) is 33.7 Å². The summed E-state index contributed by atoms with van der Waals surface area (Å²) in [5.74, 6) is -4.24. The molecule has 4 N–H and O–H groups in total. The summed E-state index contributed by atoms with van der Waals surface area (Å²) in [5.41, 5.74) is -0.405. The average molecular weight is 476 g/mol. The van der Waals surface area contributed by atoms with E-state index in [9.17, 15) is 38.6 Å². The van der Waals surface area contributed by atoms with E-state index in [1.165, 1.54) is 11.3 Å². The van der Waals surface area contributed by atoms with Gasteiger partial charge in [-0.2, -0.15) is 0 Å². The third-order valence-electron chi connectivity index (χ3n) is 4.48. The van der Waals surface area contributed by atoms with Crippen LogP contribution in [-0.4, -0.2) is 66.6 Å². The molecule has 30 heavy (non-hydrogen) atoms. The van der Waals surface area contributed by atoms with E-state index < -0.39 is 47.7 Å². The van der Waals surface area contributed by atoms with Crippen LogP contribution in [0.15, 0.2) is 28.8 Å². The summed E-state index contributed by atoms with van der Waals surface area (Å²) in [6, 6.07) is 3.36. The lowest BCUT2D eigenvalue weighted by atomic mass is 10.0. The van der Waals surface area contributed by atoms with Crippen LogP contribution in [0.5, 0.6) is 0 Å². The number of esters is 1. The number of β-lactam (4-membered cyclic amide) rings is 1. The molecule has 0 radical (unpaired) electrons. The zero-order valence-corrected chi connectivity index (χ0v) is 18.0. The summed E-state index contributed by atoms with van der Waals surface area (Å²) >= 11 is 2.13. The highest BCUT2D eigenvalue weighted by Crippen LogP contribution is 2.62. The van der Waals surface area contributed by atoms with Crippen molar-refractivity contribution in [2.75, 3.05) is 12.4 Å². The number of fused-ring (bicyclic) bond motifs is 1. The van der Waals surface area contributed by atoms with Gasteiger partial charge in [0.2, 0.25) is 5.91 Å². The van der Waals surface area contributed by atoms with Gasteiger partial charge in [0.1, 0.15) is 17.7 Å². The molecular formula is C16H17N2O9PS2. The highest BCUT2D eigenvalue weighted by atomic mass is 32.2. The zero-order chi connectivity index (χ0) is 22.3. The molecule has 162 valence electrons. The molecule has 1 fully saturated rings. The van der Waals surface area contributed by atoms with Crippen LogP contribution < -0.4 is 5.32 Å². The van der Waals surface area contributed by atoms with Crippen molar-refractivity contribution in [3.8, 4) is 0 Å². The number of carbonyl (C=O) groups is 4. The molecule has 0 saturated carbocycles. The fraction of sp³-hybridized carbons (Fsp3) is 0.375. The van der Waals surface area contributed by atoms with E-state index in [2.05, 4.69) is 5.32 Å². The Hall–Kier alpha value is -2.18. The highest BCUT2D eigenvalue weighted by Gasteiger charge is 2.74. The number of amides is 2. The summed E-state index contributed by atoms with van der Waals surface area (Å²) in [7, 11) is -5.24. The van der Waals surface area contributed by atoms with E-state index in [0.717, 1.165) is 23.6 Å². The first-order chi connectivity index (χ1) is 14.0. The van der Waals surface area contributed by atoms with Crippen LogP contribution in [0.3, 0.4) is 0 Å². The lowest BCUT2D eigenvalue weighted by molar-refractivity contribution is -0.154. The Morgan fingerprint density at radius 2 is 2.10 bits per heavy atom. The number of nitrogens with one attached hydrogen (secondary N) is 1. The first kappa shape index (κ1) is 22.5. The van der Waals surface area contributed by atoms with Crippen LogP contribution in [0.1, 0.15) is 11.8 Å². The van der Waals surface area contributed by atoms with E-state index >= 15 is 0 Å². The average Bonchev–Trinajstić information content (AvgIpc) is 3.14. The van der Waals surface area contributed by atoms with E-state index in [-0.39, 0.29) is 24.4 Å². The fourth-order valence-corrected chi connectivity index (χ4v) is 6.89. The number of aliphatic carboxylic acids is 1. The van der Waals surface area contributed by atoms with Crippen molar-refractivity contribution in [2.45, 2.75) is 24.0 Å². The lowest BCUT2D eigenvalue weighted by Gasteiger charge is -2.56. The molecule has 2 atom stereocenters. The number of carboxylic acid groups (broad SMARTS) is 1. The van der Waals surface area contributed by atoms with Crippen LogP contribution in [0, 0.1) is 0 Å². The number of thioether (sulfide) groups is 1. The van der Waals surface area contributed by atoms with Gasteiger partial charge in [0, 0.05) is 23.1 Å². The first-order valence-corrected chi connectivity index (χ1v) is 12.0. The van der Waals surface area contributed by atoms with Crippen molar-refractivity contribution < 1.29 is 43.4 Å². The number of hydrogen-bond acceptors (Lipinski definition) is 8. The second kappa shape index (κ2) is 8.16. The molecule has 14 heteroatoms. The van der Waals surface area contributed by atoms with Crippen molar-refractivity contribution in [1.82, 2.24) is 10.2 Å². The topological polar surface area (TPSA) is 171 Å². The lowest BCUT2D eigenvalue weighted by Crippen LogP contribution is -2.79. The maximum atomic E-state index is 12.9. The number of rotatable bonds is 7. The van der Waals surface area contributed by atoms with Gasteiger partial charge in [-0.3, -0.25) is 23.8 Å². The largest absolute Gasteiger partial charge is 0.477 e. The maximum Gasteiger partial charge on any atom is 0.363 e. The molecule has 1 saturated heterocycles. The van der Waals surface area contributed by atoms with Crippen LogP contribution in [-0.2, 0) is 34.9 Å².